The molecule has 2 nitrogen and oxygen atoms in total. The van der Waals surface area contributed by atoms with Crippen LogP contribution in [-0.2, 0) is 0 Å². The molecule has 0 spiro atoms. The van der Waals surface area contributed by atoms with Crippen molar-refractivity contribution in [3.05, 3.63) is 28.8 Å². The summed E-state index contributed by atoms with van der Waals surface area (Å²) in [5.74, 6) is 0.722. The van der Waals surface area contributed by atoms with Crippen molar-refractivity contribution in [2.75, 3.05) is 18.0 Å². The summed E-state index contributed by atoms with van der Waals surface area (Å²) in [6, 6.07) is 5.53. The van der Waals surface area contributed by atoms with Crippen molar-refractivity contribution in [1.29, 1.82) is 0 Å². The molecular formula is C14H18ClNO. The number of halogens is 1. The number of benzene rings is 1. The van der Waals surface area contributed by atoms with Gasteiger partial charge in [-0.15, -0.1) is 0 Å². The summed E-state index contributed by atoms with van der Waals surface area (Å²) >= 11 is 6.23. The number of anilines is 1. The standard InChI is InChI=1S/C14H18ClNO/c1-2-11-5-4-8-16(9-11)14-12(10-17)6-3-7-13(14)15/h3,6-7,10-11H,2,4-5,8-9H2,1H3. The number of carbonyl (C=O) groups is 1. The van der Waals surface area contributed by atoms with Crippen molar-refractivity contribution in [2.45, 2.75) is 26.2 Å². The van der Waals surface area contributed by atoms with E-state index in [2.05, 4.69) is 11.8 Å². The summed E-state index contributed by atoms with van der Waals surface area (Å²) in [5, 5.41) is 0.686. The van der Waals surface area contributed by atoms with Gasteiger partial charge in [0.25, 0.3) is 0 Å². The lowest BCUT2D eigenvalue weighted by Crippen LogP contribution is -2.35. The third-order valence-corrected chi connectivity index (χ3v) is 3.86. The van der Waals surface area contributed by atoms with Crippen LogP contribution in [0.5, 0.6) is 0 Å². The molecular weight excluding hydrogens is 234 g/mol. The highest BCUT2D eigenvalue weighted by molar-refractivity contribution is 6.33. The highest BCUT2D eigenvalue weighted by Gasteiger charge is 2.22. The van der Waals surface area contributed by atoms with Crippen LogP contribution < -0.4 is 4.90 Å². The highest BCUT2D eigenvalue weighted by atomic mass is 35.5. The minimum absolute atomic E-state index is 0.686. The molecule has 3 heteroatoms. The predicted molar refractivity (Wildman–Crippen MR) is 72.1 cm³/mol. The first kappa shape index (κ1) is 12.4. The van der Waals surface area contributed by atoms with E-state index in [1.807, 2.05) is 18.2 Å². The average Bonchev–Trinajstić information content (AvgIpc) is 2.38. The summed E-state index contributed by atoms with van der Waals surface area (Å²) in [4.78, 5) is 13.4. The average molecular weight is 252 g/mol. The van der Waals surface area contributed by atoms with E-state index < -0.39 is 0 Å². The molecule has 1 heterocycles. The summed E-state index contributed by atoms with van der Waals surface area (Å²) < 4.78 is 0. The van der Waals surface area contributed by atoms with E-state index in [1.165, 1.54) is 19.3 Å². The van der Waals surface area contributed by atoms with E-state index in [1.54, 1.807) is 0 Å². The fourth-order valence-electron chi connectivity index (χ4n) is 2.56. The minimum Gasteiger partial charge on any atom is -0.369 e. The second-order valence-electron chi connectivity index (χ2n) is 4.66. The Balaban J connectivity index is 2.29. The normalized spacial score (nSPS) is 20.4. The maximum atomic E-state index is 11.1. The van der Waals surface area contributed by atoms with Crippen LogP contribution in [0.15, 0.2) is 18.2 Å². The lowest BCUT2D eigenvalue weighted by Gasteiger charge is -2.35. The molecule has 1 saturated heterocycles. The molecule has 1 unspecified atom stereocenters. The fraction of sp³-hybridized carbons (Fsp3) is 0.500. The van der Waals surface area contributed by atoms with E-state index in [0.29, 0.717) is 10.6 Å². The van der Waals surface area contributed by atoms with Crippen LogP contribution >= 0.6 is 11.6 Å². The number of para-hydroxylation sites is 1. The number of piperidine rings is 1. The van der Waals surface area contributed by atoms with Crippen LogP contribution in [0.4, 0.5) is 5.69 Å². The largest absolute Gasteiger partial charge is 0.369 e. The highest BCUT2D eigenvalue weighted by Crippen LogP contribution is 2.32. The monoisotopic (exact) mass is 251 g/mol. The maximum Gasteiger partial charge on any atom is 0.152 e. The van der Waals surface area contributed by atoms with Crippen molar-refractivity contribution in [3.8, 4) is 0 Å². The van der Waals surface area contributed by atoms with Crippen LogP contribution in [0, 0.1) is 5.92 Å². The molecule has 1 atom stereocenters. The van der Waals surface area contributed by atoms with Crippen LogP contribution in [0.2, 0.25) is 5.02 Å². The molecule has 0 N–H and O–H groups in total. The maximum absolute atomic E-state index is 11.1. The quantitative estimate of drug-likeness (QED) is 0.762. The number of rotatable bonds is 3. The van der Waals surface area contributed by atoms with Crippen LogP contribution in [0.1, 0.15) is 36.5 Å². The number of hydrogen-bond donors (Lipinski definition) is 0. The zero-order valence-corrected chi connectivity index (χ0v) is 10.9. The zero-order valence-electron chi connectivity index (χ0n) is 10.2. The Kier molecular flexibility index (Phi) is 4.06. The number of carbonyl (C=O) groups excluding carboxylic acids is 1. The first-order chi connectivity index (χ1) is 8.26. The third-order valence-electron chi connectivity index (χ3n) is 3.56. The Bertz CT molecular complexity index is 405. The van der Waals surface area contributed by atoms with Crippen molar-refractivity contribution < 1.29 is 4.79 Å². The molecule has 1 aliphatic rings. The lowest BCUT2D eigenvalue weighted by molar-refractivity contribution is 0.112. The van der Waals surface area contributed by atoms with Gasteiger partial charge >= 0.3 is 0 Å². The van der Waals surface area contributed by atoms with Gasteiger partial charge in [-0.2, -0.15) is 0 Å². The molecule has 0 radical (unpaired) electrons. The summed E-state index contributed by atoms with van der Waals surface area (Å²) in [6.07, 6.45) is 4.56. The minimum atomic E-state index is 0.686. The second kappa shape index (κ2) is 5.54. The van der Waals surface area contributed by atoms with E-state index in [0.717, 1.165) is 31.0 Å². The first-order valence-electron chi connectivity index (χ1n) is 6.25. The Morgan fingerprint density at radius 3 is 3.06 bits per heavy atom. The molecule has 0 bridgehead atoms. The number of aldehydes is 1. The molecule has 2 rings (SSSR count). The van der Waals surface area contributed by atoms with Crippen molar-refractivity contribution in [3.63, 3.8) is 0 Å². The van der Waals surface area contributed by atoms with Crippen molar-refractivity contribution in [2.24, 2.45) is 5.92 Å². The summed E-state index contributed by atoms with van der Waals surface area (Å²) in [6.45, 7) is 4.24. The van der Waals surface area contributed by atoms with Crippen molar-refractivity contribution >= 4 is 23.6 Å². The SMILES string of the molecule is CCC1CCCN(c2c(Cl)cccc2C=O)C1. The Hall–Kier alpha value is -1.02. The molecule has 0 aliphatic carbocycles. The Morgan fingerprint density at radius 2 is 2.35 bits per heavy atom. The van der Waals surface area contributed by atoms with Gasteiger partial charge in [-0.1, -0.05) is 31.0 Å². The van der Waals surface area contributed by atoms with Crippen molar-refractivity contribution in [1.82, 2.24) is 0 Å². The molecule has 1 aliphatic heterocycles. The van der Waals surface area contributed by atoms with Crippen LogP contribution in [-0.4, -0.2) is 19.4 Å². The smallest absolute Gasteiger partial charge is 0.152 e. The van der Waals surface area contributed by atoms with Crippen LogP contribution in [0.3, 0.4) is 0 Å². The number of hydrogen-bond acceptors (Lipinski definition) is 2. The zero-order chi connectivity index (χ0) is 12.3. The molecule has 0 saturated carbocycles. The molecule has 0 amide bonds. The second-order valence-corrected chi connectivity index (χ2v) is 5.07. The molecule has 1 aromatic rings. The van der Waals surface area contributed by atoms with E-state index in [9.17, 15) is 4.79 Å². The summed E-state index contributed by atoms with van der Waals surface area (Å²) in [7, 11) is 0. The molecule has 92 valence electrons. The first-order valence-corrected chi connectivity index (χ1v) is 6.62. The van der Waals surface area contributed by atoms with Gasteiger partial charge < -0.3 is 4.90 Å². The van der Waals surface area contributed by atoms with Gasteiger partial charge in [0.1, 0.15) is 0 Å². The van der Waals surface area contributed by atoms with Gasteiger partial charge in [-0.3, -0.25) is 4.79 Å². The molecule has 0 aromatic heterocycles. The molecule has 17 heavy (non-hydrogen) atoms. The van der Waals surface area contributed by atoms with E-state index >= 15 is 0 Å². The van der Waals surface area contributed by atoms with Crippen LogP contribution in [0.25, 0.3) is 0 Å². The van der Waals surface area contributed by atoms with Gasteiger partial charge in [0.15, 0.2) is 6.29 Å². The van der Waals surface area contributed by atoms with Gasteiger partial charge in [0.05, 0.1) is 10.7 Å². The van der Waals surface area contributed by atoms with Gasteiger partial charge in [0.2, 0.25) is 0 Å². The third kappa shape index (κ3) is 2.63. The molecule has 1 aromatic carbocycles. The summed E-state index contributed by atoms with van der Waals surface area (Å²) in [5.41, 5.74) is 1.62. The van der Waals surface area contributed by atoms with E-state index in [-0.39, 0.29) is 0 Å². The fourth-order valence-corrected chi connectivity index (χ4v) is 2.86. The topological polar surface area (TPSA) is 20.3 Å². The van der Waals surface area contributed by atoms with Gasteiger partial charge in [-0.05, 0) is 30.9 Å². The van der Waals surface area contributed by atoms with E-state index in [4.69, 9.17) is 11.6 Å². The Labute approximate surface area is 108 Å². The van der Waals surface area contributed by atoms with Gasteiger partial charge in [0, 0.05) is 18.7 Å². The Morgan fingerprint density at radius 1 is 1.53 bits per heavy atom. The predicted octanol–water partition coefficient (Wildman–Crippen LogP) is 3.78. The van der Waals surface area contributed by atoms with Gasteiger partial charge in [-0.25, -0.2) is 0 Å². The number of nitrogens with zero attached hydrogens (tertiary/aromatic N) is 1. The molecule has 1 fully saturated rings. The lowest BCUT2D eigenvalue weighted by atomic mass is 9.95.